The highest BCUT2D eigenvalue weighted by Gasteiger charge is 2.25. The molecule has 0 saturated carbocycles. The molecule has 2 aromatic heterocycles. The Labute approximate surface area is 119 Å². The number of fused-ring (bicyclic) bond motifs is 2. The molecule has 0 saturated heterocycles. The number of aromatic nitrogens is 2. The fraction of sp³-hybridized carbons (Fsp3) is 0.214. The van der Waals surface area contributed by atoms with E-state index >= 15 is 0 Å². The van der Waals surface area contributed by atoms with Gasteiger partial charge in [-0.3, -0.25) is 0 Å². The summed E-state index contributed by atoms with van der Waals surface area (Å²) in [4.78, 5) is 9.51. The van der Waals surface area contributed by atoms with Gasteiger partial charge in [-0.05, 0) is 35.6 Å². The fourth-order valence-corrected chi connectivity index (χ4v) is 3.79. The van der Waals surface area contributed by atoms with Crippen LogP contribution in [0, 0.1) is 0 Å². The predicted molar refractivity (Wildman–Crippen MR) is 79.0 cm³/mol. The van der Waals surface area contributed by atoms with Crippen molar-refractivity contribution in [2.24, 2.45) is 0 Å². The molecule has 96 valence electrons. The van der Waals surface area contributed by atoms with Gasteiger partial charge < -0.3 is 10.3 Å². The van der Waals surface area contributed by atoms with E-state index in [1.165, 1.54) is 10.4 Å². The maximum atomic E-state index is 6.19. The summed E-state index contributed by atoms with van der Waals surface area (Å²) in [5.41, 5.74) is 3.18. The summed E-state index contributed by atoms with van der Waals surface area (Å²) in [5, 5.41) is 6.38. The summed E-state index contributed by atoms with van der Waals surface area (Å²) in [7, 11) is 0. The largest absolute Gasteiger partial charge is 0.340 e. The molecule has 1 atom stereocenters. The molecule has 1 aliphatic rings. The number of H-pyrrole nitrogens is 1. The molecule has 0 aliphatic carbocycles. The van der Waals surface area contributed by atoms with Gasteiger partial charge in [0, 0.05) is 11.4 Å². The van der Waals surface area contributed by atoms with Gasteiger partial charge in [0.05, 0.1) is 16.6 Å². The minimum absolute atomic E-state index is 0.151. The highest BCUT2D eigenvalue weighted by molar-refractivity contribution is 7.10. The first-order valence-corrected chi connectivity index (χ1v) is 7.52. The zero-order valence-electron chi connectivity index (χ0n) is 10.1. The summed E-state index contributed by atoms with van der Waals surface area (Å²) < 4.78 is 0. The number of benzene rings is 1. The van der Waals surface area contributed by atoms with Crippen molar-refractivity contribution in [2.45, 2.75) is 12.5 Å². The standard InChI is InChI=1S/C14H12ClN3S/c15-9-2-1-3-10-13(9)18-14(17-10)12-8-5-7-19-11(8)4-6-16-12/h1-3,5,7,12,16H,4,6H2,(H,17,18). The molecule has 2 N–H and O–H groups in total. The van der Waals surface area contributed by atoms with E-state index in [4.69, 9.17) is 11.6 Å². The van der Waals surface area contributed by atoms with Gasteiger partial charge in [-0.1, -0.05) is 17.7 Å². The molecule has 5 heteroatoms. The van der Waals surface area contributed by atoms with Crippen molar-refractivity contribution in [1.29, 1.82) is 0 Å². The van der Waals surface area contributed by atoms with Crippen LogP contribution >= 0.6 is 22.9 Å². The van der Waals surface area contributed by atoms with Crippen LogP contribution in [0.1, 0.15) is 22.3 Å². The molecule has 3 nitrogen and oxygen atoms in total. The molecular weight excluding hydrogens is 278 g/mol. The molecule has 0 bridgehead atoms. The normalized spacial score (nSPS) is 18.7. The Morgan fingerprint density at radius 2 is 2.26 bits per heavy atom. The van der Waals surface area contributed by atoms with Crippen LogP contribution in [0.4, 0.5) is 0 Å². The number of aromatic amines is 1. The molecule has 1 aromatic carbocycles. The van der Waals surface area contributed by atoms with Crippen molar-refractivity contribution in [3.63, 3.8) is 0 Å². The average molecular weight is 290 g/mol. The maximum Gasteiger partial charge on any atom is 0.129 e. The predicted octanol–water partition coefficient (Wildman–Crippen LogP) is 3.51. The van der Waals surface area contributed by atoms with E-state index in [0.29, 0.717) is 5.02 Å². The lowest BCUT2D eigenvalue weighted by Gasteiger charge is -2.22. The zero-order valence-corrected chi connectivity index (χ0v) is 11.7. The lowest BCUT2D eigenvalue weighted by atomic mass is 10.0. The minimum Gasteiger partial charge on any atom is -0.340 e. The first-order valence-electron chi connectivity index (χ1n) is 6.27. The minimum atomic E-state index is 0.151. The number of rotatable bonds is 1. The molecule has 4 rings (SSSR count). The number of hydrogen-bond donors (Lipinski definition) is 2. The lowest BCUT2D eigenvalue weighted by Crippen LogP contribution is -2.30. The van der Waals surface area contributed by atoms with Crippen LogP contribution < -0.4 is 5.32 Å². The molecule has 3 aromatic rings. The Morgan fingerprint density at radius 1 is 1.32 bits per heavy atom. The number of halogens is 1. The van der Waals surface area contributed by atoms with E-state index in [1.54, 1.807) is 0 Å². The van der Waals surface area contributed by atoms with Crippen LogP contribution in [0.3, 0.4) is 0 Å². The number of para-hydroxylation sites is 1. The number of hydrogen-bond acceptors (Lipinski definition) is 3. The molecule has 0 fully saturated rings. The van der Waals surface area contributed by atoms with E-state index < -0.39 is 0 Å². The molecule has 0 radical (unpaired) electrons. The van der Waals surface area contributed by atoms with Gasteiger partial charge in [-0.15, -0.1) is 11.3 Å². The second-order valence-electron chi connectivity index (χ2n) is 4.69. The Morgan fingerprint density at radius 3 is 3.16 bits per heavy atom. The Bertz CT molecular complexity index is 746. The number of imidazole rings is 1. The Balaban J connectivity index is 1.86. The van der Waals surface area contributed by atoms with Crippen molar-refractivity contribution < 1.29 is 0 Å². The van der Waals surface area contributed by atoms with Crippen molar-refractivity contribution in [2.75, 3.05) is 6.54 Å². The summed E-state index contributed by atoms with van der Waals surface area (Å²) in [6.45, 7) is 0.989. The van der Waals surface area contributed by atoms with Crippen LogP contribution in [0.2, 0.25) is 5.02 Å². The third-order valence-corrected chi connectivity index (χ3v) is 4.85. The van der Waals surface area contributed by atoms with Gasteiger partial charge in [-0.2, -0.15) is 0 Å². The highest BCUT2D eigenvalue weighted by Crippen LogP contribution is 2.32. The Kier molecular flexibility index (Phi) is 2.62. The zero-order chi connectivity index (χ0) is 12.8. The Hall–Kier alpha value is -1.36. The van der Waals surface area contributed by atoms with Crippen LogP contribution in [0.5, 0.6) is 0 Å². The summed E-state index contributed by atoms with van der Waals surface area (Å²) in [5.74, 6) is 0.947. The van der Waals surface area contributed by atoms with Crippen molar-refractivity contribution >= 4 is 34.0 Å². The van der Waals surface area contributed by atoms with Gasteiger partial charge in [0.2, 0.25) is 0 Å². The summed E-state index contributed by atoms with van der Waals surface area (Å²) in [6, 6.07) is 8.16. The summed E-state index contributed by atoms with van der Waals surface area (Å²) in [6.07, 6.45) is 1.10. The molecule has 0 spiro atoms. The number of nitrogens with zero attached hydrogens (tertiary/aromatic N) is 1. The third kappa shape index (κ3) is 1.79. The second-order valence-corrected chi connectivity index (χ2v) is 6.10. The van der Waals surface area contributed by atoms with E-state index in [-0.39, 0.29) is 6.04 Å². The molecule has 19 heavy (non-hydrogen) atoms. The van der Waals surface area contributed by atoms with E-state index in [2.05, 4.69) is 26.7 Å². The number of nitrogens with one attached hydrogen (secondary N) is 2. The van der Waals surface area contributed by atoms with Crippen molar-refractivity contribution in [3.8, 4) is 0 Å². The van der Waals surface area contributed by atoms with Crippen LogP contribution in [-0.2, 0) is 6.42 Å². The molecule has 1 unspecified atom stereocenters. The topological polar surface area (TPSA) is 40.7 Å². The second kappa shape index (κ2) is 4.34. The third-order valence-electron chi connectivity index (χ3n) is 3.55. The van der Waals surface area contributed by atoms with Gasteiger partial charge in [0.15, 0.2) is 0 Å². The maximum absolute atomic E-state index is 6.19. The summed E-state index contributed by atoms with van der Waals surface area (Å²) >= 11 is 8.01. The SMILES string of the molecule is Clc1cccc2[nH]c(C3NCCc4sccc43)nc12. The van der Waals surface area contributed by atoms with Gasteiger partial charge >= 0.3 is 0 Å². The van der Waals surface area contributed by atoms with Crippen molar-refractivity contribution in [3.05, 3.63) is 50.9 Å². The van der Waals surface area contributed by atoms with Gasteiger partial charge in [-0.25, -0.2) is 4.98 Å². The fourth-order valence-electron chi connectivity index (χ4n) is 2.65. The van der Waals surface area contributed by atoms with E-state index in [1.807, 2.05) is 29.5 Å². The molecule has 1 aliphatic heterocycles. The van der Waals surface area contributed by atoms with E-state index in [0.717, 1.165) is 29.8 Å². The smallest absolute Gasteiger partial charge is 0.129 e. The number of thiophene rings is 1. The molecular formula is C14H12ClN3S. The molecule has 0 amide bonds. The van der Waals surface area contributed by atoms with Gasteiger partial charge in [0.25, 0.3) is 0 Å². The lowest BCUT2D eigenvalue weighted by molar-refractivity contribution is 0.555. The monoisotopic (exact) mass is 289 g/mol. The van der Waals surface area contributed by atoms with Crippen LogP contribution in [-0.4, -0.2) is 16.5 Å². The quantitative estimate of drug-likeness (QED) is 0.720. The van der Waals surface area contributed by atoms with Crippen LogP contribution in [0.25, 0.3) is 11.0 Å². The van der Waals surface area contributed by atoms with Gasteiger partial charge in [0.1, 0.15) is 11.3 Å². The van der Waals surface area contributed by atoms with Crippen LogP contribution in [0.15, 0.2) is 29.6 Å². The average Bonchev–Trinajstić information content (AvgIpc) is 3.05. The van der Waals surface area contributed by atoms with Crippen molar-refractivity contribution in [1.82, 2.24) is 15.3 Å². The highest BCUT2D eigenvalue weighted by atomic mass is 35.5. The first kappa shape index (κ1) is 11.5. The first-order chi connectivity index (χ1) is 9.33. The van der Waals surface area contributed by atoms with E-state index in [9.17, 15) is 0 Å². The molecule has 3 heterocycles.